The summed E-state index contributed by atoms with van der Waals surface area (Å²) in [6.07, 6.45) is 0.517. The number of aliphatic imine (C=N–C) groups is 1. The van der Waals surface area contributed by atoms with Crippen LogP contribution < -0.4 is 5.32 Å². The molecule has 118 valence electrons. The van der Waals surface area contributed by atoms with Crippen molar-refractivity contribution in [3.05, 3.63) is 63.6 Å². The first-order chi connectivity index (χ1) is 11.0. The Balaban J connectivity index is 1.75. The first-order valence-corrected chi connectivity index (χ1v) is 8.72. The number of nitrogens with one attached hydrogen (secondary N) is 1. The van der Waals surface area contributed by atoms with Crippen molar-refractivity contribution in [2.75, 3.05) is 0 Å². The van der Waals surface area contributed by atoms with Gasteiger partial charge in [-0.3, -0.25) is 4.79 Å². The van der Waals surface area contributed by atoms with E-state index in [0.29, 0.717) is 21.6 Å². The number of benzene rings is 2. The molecule has 0 aliphatic carbocycles. The molecule has 0 bridgehead atoms. The summed E-state index contributed by atoms with van der Waals surface area (Å²) in [4.78, 5) is 16.6. The number of aryl methyl sites for hydroxylation is 1. The number of halogens is 2. The average molecular weight is 365 g/mol. The van der Waals surface area contributed by atoms with E-state index < -0.39 is 0 Å². The number of thioether (sulfide) groups is 1. The van der Waals surface area contributed by atoms with Gasteiger partial charge in [0.05, 0.1) is 21.0 Å². The Labute approximate surface area is 149 Å². The van der Waals surface area contributed by atoms with Crippen molar-refractivity contribution < 1.29 is 4.79 Å². The van der Waals surface area contributed by atoms with Crippen LogP contribution in [-0.2, 0) is 11.2 Å². The van der Waals surface area contributed by atoms with E-state index >= 15 is 0 Å². The molecule has 1 aliphatic heterocycles. The molecule has 1 heterocycles. The maximum absolute atomic E-state index is 12.1. The summed E-state index contributed by atoms with van der Waals surface area (Å²) in [6.45, 7) is 2.02. The molecule has 3 nitrogen and oxygen atoms in total. The summed E-state index contributed by atoms with van der Waals surface area (Å²) < 4.78 is 0. The maximum atomic E-state index is 12.1. The van der Waals surface area contributed by atoms with Crippen LogP contribution >= 0.6 is 35.0 Å². The fraction of sp³-hybridized carbons (Fsp3) is 0.176. The molecule has 1 aliphatic rings. The van der Waals surface area contributed by atoms with Gasteiger partial charge in [0.1, 0.15) is 0 Å². The van der Waals surface area contributed by atoms with Crippen molar-refractivity contribution in [1.29, 1.82) is 0 Å². The molecule has 3 rings (SSSR count). The summed E-state index contributed by atoms with van der Waals surface area (Å²) in [5.41, 5.74) is 2.86. The van der Waals surface area contributed by atoms with E-state index in [2.05, 4.69) is 10.3 Å². The molecule has 0 saturated carbocycles. The highest BCUT2D eigenvalue weighted by Crippen LogP contribution is 2.31. The van der Waals surface area contributed by atoms with E-state index in [-0.39, 0.29) is 11.2 Å². The predicted molar refractivity (Wildman–Crippen MR) is 98.0 cm³/mol. The zero-order chi connectivity index (χ0) is 16.4. The van der Waals surface area contributed by atoms with Crippen molar-refractivity contribution in [1.82, 2.24) is 5.32 Å². The quantitative estimate of drug-likeness (QED) is 0.852. The molecule has 1 amide bonds. The Kier molecular flexibility index (Phi) is 4.95. The summed E-state index contributed by atoms with van der Waals surface area (Å²) in [6, 6.07) is 13.3. The molecule has 1 N–H and O–H groups in total. The lowest BCUT2D eigenvalue weighted by atomic mass is 10.1. The van der Waals surface area contributed by atoms with Crippen LogP contribution in [0, 0.1) is 6.92 Å². The summed E-state index contributed by atoms with van der Waals surface area (Å²) in [7, 11) is 0. The van der Waals surface area contributed by atoms with Gasteiger partial charge in [-0.15, -0.1) is 0 Å². The number of rotatable bonds is 3. The highest BCUT2D eigenvalue weighted by Gasteiger charge is 2.31. The van der Waals surface area contributed by atoms with Crippen LogP contribution in [0.1, 0.15) is 11.1 Å². The fourth-order valence-electron chi connectivity index (χ4n) is 2.23. The lowest BCUT2D eigenvalue weighted by Gasteiger charge is -2.08. The monoisotopic (exact) mass is 364 g/mol. The largest absolute Gasteiger partial charge is 0.304 e. The zero-order valence-corrected chi connectivity index (χ0v) is 14.7. The van der Waals surface area contributed by atoms with Crippen LogP contribution in [0.25, 0.3) is 0 Å². The van der Waals surface area contributed by atoms with Crippen LogP contribution in [0.5, 0.6) is 0 Å². The minimum Gasteiger partial charge on any atom is -0.304 e. The lowest BCUT2D eigenvalue weighted by Crippen LogP contribution is -2.26. The second kappa shape index (κ2) is 6.95. The minimum atomic E-state index is -0.254. The van der Waals surface area contributed by atoms with Gasteiger partial charge in [-0.25, -0.2) is 4.99 Å². The van der Waals surface area contributed by atoms with Gasteiger partial charge >= 0.3 is 0 Å². The molecular formula is C17H14Cl2N2OS. The summed E-state index contributed by atoms with van der Waals surface area (Å²) in [5, 5.41) is 4.18. The van der Waals surface area contributed by atoms with Gasteiger partial charge in [-0.05, 0) is 37.1 Å². The lowest BCUT2D eigenvalue weighted by molar-refractivity contribution is -0.118. The number of nitrogens with zero attached hydrogens (tertiary/aromatic N) is 1. The molecule has 2 aromatic carbocycles. The van der Waals surface area contributed by atoms with Crippen molar-refractivity contribution in [3.63, 3.8) is 0 Å². The van der Waals surface area contributed by atoms with Gasteiger partial charge in [-0.1, -0.05) is 64.8 Å². The molecule has 0 aromatic heterocycles. The van der Waals surface area contributed by atoms with Crippen molar-refractivity contribution >= 4 is 51.7 Å². The highest BCUT2D eigenvalue weighted by atomic mass is 35.5. The molecule has 1 fully saturated rings. The molecule has 1 saturated heterocycles. The first-order valence-electron chi connectivity index (χ1n) is 7.08. The zero-order valence-electron chi connectivity index (χ0n) is 12.3. The SMILES string of the molecule is Cc1ccc(N=C2NC(=O)C(Cc3cccc(Cl)c3Cl)S2)cc1. The smallest absolute Gasteiger partial charge is 0.239 e. The van der Waals surface area contributed by atoms with E-state index in [1.54, 1.807) is 6.07 Å². The van der Waals surface area contributed by atoms with Gasteiger partial charge in [0.25, 0.3) is 0 Å². The highest BCUT2D eigenvalue weighted by molar-refractivity contribution is 8.15. The van der Waals surface area contributed by atoms with E-state index in [0.717, 1.165) is 11.3 Å². The summed E-state index contributed by atoms with van der Waals surface area (Å²) in [5.74, 6) is -0.0584. The second-order valence-electron chi connectivity index (χ2n) is 5.27. The van der Waals surface area contributed by atoms with Gasteiger partial charge in [0.2, 0.25) is 5.91 Å². The Hall–Kier alpha value is -1.49. The van der Waals surface area contributed by atoms with Crippen LogP contribution in [0.2, 0.25) is 10.0 Å². The number of hydrogen-bond donors (Lipinski definition) is 1. The molecule has 23 heavy (non-hydrogen) atoms. The second-order valence-corrected chi connectivity index (χ2v) is 7.24. The van der Waals surface area contributed by atoms with Crippen molar-refractivity contribution in [3.8, 4) is 0 Å². The van der Waals surface area contributed by atoms with Crippen LogP contribution in [-0.4, -0.2) is 16.3 Å². The number of carbonyl (C=O) groups is 1. The molecule has 1 atom stereocenters. The number of hydrogen-bond acceptors (Lipinski definition) is 3. The minimum absolute atomic E-state index is 0.0584. The standard InChI is InChI=1S/C17H14Cl2N2OS/c1-10-5-7-12(8-6-10)20-17-21-16(22)14(23-17)9-11-3-2-4-13(18)15(11)19/h2-8,14H,9H2,1H3,(H,20,21,22). The van der Waals surface area contributed by atoms with Gasteiger partial charge in [0, 0.05) is 0 Å². The van der Waals surface area contributed by atoms with Crippen LogP contribution in [0.4, 0.5) is 5.69 Å². The maximum Gasteiger partial charge on any atom is 0.239 e. The van der Waals surface area contributed by atoms with E-state index in [1.165, 1.54) is 17.3 Å². The van der Waals surface area contributed by atoms with Crippen molar-refractivity contribution in [2.24, 2.45) is 4.99 Å². The van der Waals surface area contributed by atoms with Gasteiger partial charge in [-0.2, -0.15) is 0 Å². The summed E-state index contributed by atoms with van der Waals surface area (Å²) >= 11 is 13.6. The third-order valence-corrected chi connectivity index (χ3v) is 5.42. The van der Waals surface area contributed by atoms with E-state index in [4.69, 9.17) is 23.2 Å². The molecule has 1 unspecified atom stereocenters. The predicted octanol–water partition coefficient (Wildman–Crippen LogP) is 4.76. The first kappa shape index (κ1) is 16.4. The van der Waals surface area contributed by atoms with E-state index in [9.17, 15) is 4.79 Å². The number of carbonyl (C=O) groups excluding carboxylic acids is 1. The number of amides is 1. The average Bonchev–Trinajstić information content (AvgIpc) is 2.86. The van der Waals surface area contributed by atoms with Crippen LogP contribution in [0.3, 0.4) is 0 Å². The Morgan fingerprint density at radius 3 is 2.65 bits per heavy atom. The van der Waals surface area contributed by atoms with Gasteiger partial charge < -0.3 is 5.32 Å². The Bertz CT molecular complexity index is 775. The molecular weight excluding hydrogens is 351 g/mol. The fourth-order valence-corrected chi connectivity index (χ4v) is 3.65. The normalized spacial score (nSPS) is 19.2. The van der Waals surface area contributed by atoms with Gasteiger partial charge in [0.15, 0.2) is 5.17 Å². The number of amidine groups is 1. The molecule has 2 aromatic rings. The van der Waals surface area contributed by atoms with Crippen molar-refractivity contribution in [2.45, 2.75) is 18.6 Å². The third kappa shape index (κ3) is 3.89. The molecule has 0 radical (unpaired) electrons. The van der Waals surface area contributed by atoms with E-state index in [1.807, 2.05) is 43.3 Å². The topological polar surface area (TPSA) is 41.5 Å². The Morgan fingerprint density at radius 1 is 1.17 bits per heavy atom. The third-order valence-electron chi connectivity index (χ3n) is 3.48. The molecule has 6 heteroatoms. The molecule has 0 spiro atoms. The van der Waals surface area contributed by atoms with Crippen LogP contribution in [0.15, 0.2) is 47.5 Å². The Morgan fingerprint density at radius 2 is 1.91 bits per heavy atom.